The fraction of sp³-hybridized carbons (Fsp3) is 0.136. The molecule has 1 aromatic heterocycles. The summed E-state index contributed by atoms with van der Waals surface area (Å²) >= 11 is 0. The van der Waals surface area contributed by atoms with E-state index in [0.29, 0.717) is 23.2 Å². The minimum Gasteiger partial charge on any atom is -0.344 e. The number of aromatic nitrogens is 1. The van der Waals surface area contributed by atoms with Gasteiger partial charge in [-0.05, 0) is 53.9 Å². The summed E-state index contributed by atoms with van der Waals surface area (Å²) in [4.78, 5) is 24.6. The van der Waals surface area contributed by atoms with Crippen molar-refractivity contribution < 1.29 is 4.79 Å². The van der Waals surface area contributed by atoms with Crippen LogP contribution in [0.1, 0.15) is 33.1 Å². The Hall–Kier alpha value is -3.69. The molecule has 0 saturated heterocycles. The minimum atomic E-state index is -0.341. The quantitative estimate of drug-likeness (QED) is 0.737. The molecule has 1 aliphatic rings. The van der Waals surface area contributed by atoms with Crippen molar-refractivity contribution in [2.24, 2.45) is 5.73 Å². The number of rotatable bonds is 3. The van der Waals surface area contributed by atoms with Crippen LogP contribution < -0.4 is 16.6 Å². The highest BCUT2D eigenvalue weighted by Gasteiger charge is 2.32. The van der Waals surface area contributed by atoms with Crippen LogP contribution in [0.3, 0.4) is 0 Å². The molecule has 0 fully saturated rings. The molecule has 6 nitrogen and oxygen atoms in total. The highest BCUT2D eigenvalue weighted by Crippen LogP contribution is 2.32. The zero-order valence-electron chi connectivity index (χ0n) is 15.0. The highest BCUT2D eigenvalue weighted by atomic mass is 16.1. The number of hydrogen-bond acceptors (Lipinski definition) is 4. The number of amides is 1. The van der Waals surface area contributed by atoms with Gasteiger partial charge in [-0.15, -0.1) is 0 Å². The molecule has 0 radical (unpaired) electrons. The molecular weight excluding hydrogens is 352 g/mol. The van der Waals surface area contributed by atoms with E-state index in [9.17, 15) is 14.9 Å². The molecule has 1 heterocycles. The van der Waals surface area contributed by atoms with Crippen molar-refractivity contribution in [3.63, 3.8) is 0 Å². The first-order valence-electron chi connectivity index (χ1n) is 8.95. The predicted molar refractivity (Wildman–Crippen MR) is 105 cm³/mol. The summed E-state index contributed by atoms with van der Waals surface area (Å²) in [5.74, 6) is -0.248. The molecule has 2 atom stereocenters. The van der Waals surface area contributed by atoms with Crippen LogP contribution in [0.4, 0.5) is 0 Å². The van der Waals surface area contributed by atoms with Gasteiger partial charge in [-0.1, -0.05) is 18.2 Å². The number of nitrogens with two attached hydrogens (primary N) is 1. The maximum atomic E-state index is 12.7. The molecule has 28 heavy (non-hydrogen) atoms. The molecular formula is C22H18N4O2. The Labute approximate surface area is 161 Å². The van der Waals surface area contributed by atoms with Gasteiger partial charge < -0.3 is 11.1 Å². The van der Waals surface area contributed by atoms with Crippen LogP contribution in [-0.2, 0) is 6.42 Å². The molecule has 1 aliphatic carbocycles. The van der Waals surface area contributed by atoms with Gasteiger partial charge >= 0.3 is 0 Å². The zero-order chi connectivity index (χ0) is 19.7. The van der Waals surface area contributed by atoms with Crippen molar-refractivity contribution in [2.75, 3.05) is 0 Å². The third-order valence-electron chi connectivity index (χ3n) is 5.05. The van der Waals surface area contributed by atoms with E-state index in [1.807, 2.05) is 6.07 Å². The van der Waals surface area contributed by atoms with Crippen LogP contribution in [-0.4, -0.2) is 16.5 Å². The lowest BCUT2D eigenvalue weighted by Gasteiger charge is -2.19. The van der Waals surface area contributed by atoms with Crippen molar-refractivity contribution in [3.8, 4) is 11.8 Å². The van der Waals surface area contributed by atoms with E-state index in [1.165, 1.54) is 10.6 Å². The molecule has 0 spiro atoms. The Balaban J connectivity index is 1.56. The molecule has 1 amide bonds. The van der Waals surface area contributed by atoms with Crippen LogP contribution in [0.25, 0.3) is 5.69 Å². The van der Waals surface area contributed by atoms with Crippen LogP contribution in [0.2, 0.25) is 0 Å². The summed E-state index contributed by atoms with van der Waals surface area (Å²) < 4.78 is 1.51. The zero-order valence-corrected chi connectivity index (χ0v) is 15.0. The van der Waals surface area contributed by atoms with E-state index in [-0.39, 0.29) is 23.6 Å². The Morgan fingerprint density at radius 3 is 2.61 bits per heavy atom. The lowest BCUT2D eigenvalue weighted by molar-refractivity contribution is 0.0933. The van der Waals surface area contributed by atoms with Gasteiger partial charge in [-0.3, -0.25) is 14.2 Å². The summed E-state index contributed by atoms with van der Waals surface area (Å²) in [6.45, 7) is 0. The monoisotopic (exact) mass is 370 g/mol. The minimum absolute atomic E-state index is 0.137. The average molecular weight is 370 g/mol. The van der Waals surface area contributed by atoms with E-state index >= 15 is 0 Å². The van der Waals surface area contributed by atoms with Gasteiger partial charge in [0.05, 0.1) is 17.7 Å². The summed E-state index contributed by atoms with van der Waals surface area (Å²) in [7, 11) is 0. The van der Waals surface area contributed by atoms with Gasteiger partial charge in [0.2, 0.25) is 0 Å². The number of fused-ring (bicyclic) bond motifs is 1. The topological polar surface area (TPSA) is 101 Å². The van der Waals surface area contributed by atoms with Gasteiger partial charge in [-0.25, -0.2) is 0 Å². The van der Waals surface area contributed by atoms with Crippen molar-refractivity contribution in [2.45, 2.75) is 18.5 Å². The second kappa shape index (κ2) is 7.14. The van der Waals surface area contributed by atoms with E-state index in [4.69, 9.17) is 5.73 Å². The van der Waals surface area contributed by atoms with Crippen LogP contribution in [0.15, 0.2) is 71.7 Å². The fourth-order valence-electron chi connectivity index (χ4n) is 3.64. The van der Waals surface area contributed by atoms with E-state index in [1.54, 1.807) is 54.7 Å². The van der Waals surface area contributed by atoms with Crippen LogP contribution >= 0.6 is 0 Å². The lowest BCUT2D eigenvalue weighted by Crippen LogP contribution is -2.38. The normalized spacial score (nSPS) is 17.6. The highest BCUT2D eigenvalue weighted by molar-refractivity contribution is 5.94. The molecule has 6 heteroatoms. The fourth-order valence-corrected chi connectivity index (χ4v) is 3.64. The first-order valence-corrected chi connectivity index (χ1v) is 8.95. The van der Waals surface area contributed by atoms with Gasteiger partial charge in [0, 0.05) is 29.6 Å². The van der Waals surface area contributed by atoms with Crippen molar-refractivity contribution in [1.82, 2.24) is 9.88 Å². The van der Waals surface area contributed by atoms with Crippen LogP contribution in [0.5, 0.6) is 0 Å². The molecule has 138 valence electrons. The molecule has 2 aromatic carbocycles. The third-order valence-corrected chi connectivity index (χ3v) is 5.05. The molecule has 3 N–H and O–H groups in total. The Morgan fingerprint density at radius 1 is 1.11 bits per heavy atom. The maximum Gasteiger partial charge on any atom is 0.255 e. The van der Waals surface area contributed by atoms with E-state index in [2.05, 4.69) is 11.4 Å². The average Bonchev–Trinajstić information content (AvgIpc) is 3.04. The van der Waals surface area contributed by atoms with E-state index in [0.717, 1.165) is 11.1 Å². The van der Waals surface area contributed by atoms with Crippen molar-refractivity contribution >= 4 is 5.91 Å². The summed E-state index contributed by atoms with van der Waals surface area (Å²) in [6.07, 6.45) is 2.23. The number of pyridine rings is 1. The van der Waals surface area contributed by atoms with Gasteiger partial charge in [-0.2, -0.15) is 5.26 Å². The SMILES string of the molecule is N#Cc1cccc2c1CC(N)C2NC(=O)c1ccc(-n2ccccc2=O)cc1. The molecule has 4 rings (SSSR count). The predicted octanol–water partition coefficient (Wildman–Crippen LogP) is 2.06. The number of carbonyl (C=O) groups excluding carboxylic acids is 1. The van der Waals surface area contributed by atoms with Gasteiger partial charge in [0.1, 0.15) is 0 Å². The second-order valence-corrected chi connectivity index (χ2v) is 6.76. The largest absolute Gasteiger partial charge is 0.344 e. The summed E-state index contributed by atoms with van der Waals surface area (Å²) in [5.41, 5.74) is 9.66. The lowest BCUT2D eigenvalue weighted by atomic mass is 10.0. The number of hydrogen-bond donors (Lipinski definition) is 2. The third kappa shape index (κ3) is 3.08. The van der Waals surface area contributed by atoms with Gasteiger partial charge in [0.15, 0.2) is 0 Å². The number of nitrogens with zero attached hydrogens (tertiary/aromatic N) is 2. The standard InChI is InChI=1S/C22H18N4O2/c23-13-15-4-3-5-17-18(15)12-19(24)21(17)25-22(28)14-7-9-16(10-8-14)26-11-2-1-6-20(26)27/h1-11,19,21H,12,24H2,(H,25,28). The number of nitrogens with one attached hydrogen (secondary N) is 1. The Bertz CT molecular complexity index is 1140. The molecule has 3 aromatic rings. The summed E-state index contributed by atoms with van der Waals surface area (Å²) in [5, 5.41) is 12.3. The first-order chi connectivity index (χ1) is 13.6. The first kappa shape index (κ1) is 17.7. The van der Waals surface area contributed by atoms with E-state index < -0.39 is 0 Å². The maximum absolute atomic E-state index is 12.7. The van der Waals surface area contributed by atoms with Crippen molar-refractivity contribution in [1.29, 1.82) is 5.26 Å². The number of nitriles is 1. The molecule has 0 saturated carbocycles. The molecule has 2 unspecified atom stereocenters. The van der Waals surface area contributed by atoms with Gasteiger partial charge in [0.25, 0.3) is 11.5 Å². The smallest absolute Gasteiger partial charge is 0.255 e. The number of benzene rings is 2. The second-order valence-electron chi connectivity index (χ2n) is 6.76. The Morgan fingerprint density at radius 2 is 1.89 bits per heavy atom. The molecule has 0 aliphatic heterocycles. The number of carbonyl (C=O) groups is 1. The summed E-state index contributed by atoms with van der Waals surface area (Å²) in [6, 6.07) is 18.8. The van der Waals surface area contributed by atoms with Crippen LogP contribution in [0, 0.1) is 11.3 Å². The Kier molecular flexibility index (Phi) is 4.52. The van der Waals surface area contributed by atoms with Crippen molar-refractivity contribution in [3.05, 3.63) is 99.5 Å². The molecule has 0 bridgehead atoms.